The van der Waals surface area contributed by atoms with Crippen molar-refractivity contribution < 1.29 is 0 Å². The summed E-state index contributed by atoms with van der Waals surface area (Å²) in [5.41, 5.74) is 2.67. The fourth-order valence-electron chi connectivity index (χ4n) is 2.29. The van der Waals surface area contributed by atoms with Gasteiger partial charge in [-0.15, -0.1) is 0 Å². The highest BCUT2D eigenvalue weighted by Gasteiger charge is 2.12. The number of nitrogens with zero attached hydrogens (tertiary/aromatic N) is 1. The lowest BCUT2D eigenvalue weighted by Crippen LogP contribution is -2.36. The van der Waals surface area contributed by atoms with Crippen LogP contribution in [0.5, 0.6) is 0 Å². The van der Waals surface area contributed by atoms with Gasteiger partial charge in [0.05, 0.1) is 0 Å². The Kier molecular flexibility index (Phi) is 6.20. The van der Waals surface area contributed by atoms with Gasteiger partial charge in [-0.1, -0.05) is 26.0 Å². The van der Waals surface area contributed by atoms with Crippen LogP contribution in [0.3, 0.4) is 0 Å². The molecule has 0 amide bonds. The van der Waals surface area contributed by atoms with Gasteiger partial charge in [0.25, 0.3) is 0 Å². The second-order valence-electron chi connectivity index (χ2n) is 5.37. The molecule has 0 bridgehead atoms. The first kappa shape index (κ1) is 15.0. The summed E-state index contributed by atoms with van der Waals surface area (Å²) < 4.78 is 0. The molecule has 0 spiro atoms. The van der Waals surface area contributed by atoms with Gasteiger partial charge in [0, 0.05) is 24.3 Å². The van der Waals surface area contributed by atoms with Crippen LogP contribution < -0.4 is 10.2 Å². The molecule has 1 rings (SSSR count). The number of rotatable bonds is 7. The number of anilines is 1. The van der Waals surface area contributed by atoms with E-state index in [4.69, 9.17) is 0 Å². The summed E-state index contributed by atoms with van der Waals surface area (Å²) in [7, 11) is 0. The molecule has 0 aliphatic carbocycles. The average molecular weight is 248 g/mol. The highest BCUT2D eigenvalue weighted by atomic mass is 15.2. The maximum absolute atomic E-state index is 3.49. The minimum atomic E-state index is 0.572. The van der Waals surface area contributed by atoms with Crippen LogP contribution in [0.1, 0.15) is 39.7 Å². The zero-order valence-electron chi connectivity index (χ0n) is 12.5. The van der Waals surface area contributed by atoms with Crippen LogP contribution in [0.25, 0.3) is 0 Å². The Balaban J connectivity index is 2.59. The van der Waals surface area contributed by atoms with Crippen molar-refractivity contribution in [2.75, 3.05) is 18.0 Å². The summed E-state index contributed by atoms with van der Waals surface area (Å²) in [5.74, 6) is 0. The molecule has 0 saturated carbocycles. The lowest BCUT2D eigenvalue weighted by atomic mass is 10.1. The number of nitrogens with one attached hydrogen (secondary N) is 1. The van der Waals surface area contributed by atoms with Crippen LogP contribution in [-0.4, -0.2) is 25.2 Å². The van der Waals surface area contributed by atoms with E-state index in [9.17, 15) is 0 Å². The molecule has 18 heavy (non-hydrogen) atoms. The van der Waals surface area contributed by atoms with Crippen LogP contribution in [0, 0.1) is 6.92 Å². The third-order valence-electron chi connectivity index (χ3n) is 3.32. The molecule has 0 heterocycles. The molecular weight excluding hydrogens is 220 g/mol. The monoisotopic (exact) mass is 248 g/mol. The molecule has 2 nitrogen and oxygen atoms in total. The Morgan fingerprint density at radius 1 is 1.22 bits per heavy atom. The highest BCUT2D eigenvalue weighted by molar-refractivity contribution is 5.49. The molecule has 0 aromatic heterocycles. The zero-order chi connectivity index (χ0) is 13.5. The Hall–Kier alpha value is -1.02. The molecule has 1 aromatic rings. The average Bonchev–Trinajstić information content (AvgIpc) is 2.29. The quantitative estimate of drug-likeness (QED) is 0.793. The van der Waals surface area contributed by atoms with Gasteiger partial charge < -0.3 is 10.2 Å². The predicted octanol–water partition coefficient (Wildman–Crippen LogP) is 3.60. The Morgan fingerprint density at radius 2 is 1.94 bits per heavy atom. The fraction of sp³-hybridized carbons (Fsp3) is 0.625. The second kappa shape index (κ2) is 7.42. The molecule has 0 fully saturated rings. The molecule has 0 aliphatic heterocycles. The molecule has 1 atom stereocenters. The van der Waals surface area contributed by atoms with Gasteiger partial charge in [0.15, 0.2) is 0 Å². The number of aryl methyl sites for hydroxylation is 1. The molecule has 2 heteroatoms. The third kappa shape index (κ3) is 4.69. The van der Waals surface area contributed by atoms with Crippen LogP contribution in [0.2, 0.25) is 0 Å². The van der Waals surface area contributed by atoms with Gasteiger partial charge >= 0.3 is 0 Å². The zero-order valence-corrected chi connectivity index (χ0v) is 12.5. The van der Waals surface area contributed by atoms with E-state index in [1.165, 1.54) is 17.7 Å². The number of hydrogen-bond acceptors (Lipinski definition) is 2. The van der Waals surface area contributed by atoms with Gasteiger partial charge in [-0.3, -0.25) is 0 Å². The normalized spacial score (nSPS) is 12.8. The SMILES string of the molecule is CCN(c1cccc(C)c1)C(C)CCNC(C)C. The number of benzene rings is 1. The molecule has 102 valence electrons. The first-order valence-electron chi connectivity index (χ1n) is 7.11. The summed E-state index contributed by atoms with van der Waals surface area (Å²) in [4.78, 5) is 2.48. The van der Waals surface area contributed by atoms with Crippen LogP contribution in [0.4, 0.5) is 5.69 Å². The van der Waals surface area contributed by atoms with E-state index in [0.29, 0.717) is 12.1 Å². The van der Waals surface area contributed by atoms with E-state index in [-0.39, 0.29) is 0 Å². The van der Waals surface area contributed by atoms with Crippen LogP contribution in [-0.2, 0) is 0 Å². The van der Waals surface area contributed by atoms with Crippen molar-refractivity contribution >= 4 is 5.69 Å². The minimum Gasteiger partial charge on any atom is -0.369 e. The fourth-order valence-corrected chi connectivity index (χ4v) is 2.29. The van der Waals surface area contributed by atoms with Gasteiger partial charge in [0.1, 0.15) is 0 Å². The van der Waals surface area contributed by atoms with E-state index in [1.54, 1.807) is 0 Å². The predicted molar refractivity (Wildman–Crippen MR) is 81.4 cm³/mol. The Labute approximate surface area is 112 Å². The Morgan fingerprint density at radius 3 is 2.50 bits per heavy atom. The second-order valence-corrected chi connectivity index (χ2v) is 5.37. The molecule has 0 radical (unpaired) electrons. The first-order valence-corrected chi connectivity index (χ1v) is 7.11. The van der Waals surface area contributed by atoms with Crippen molar-refractivity contribution in [1.82, 2.24) is 5.32 Å². The van der Waals surface area contributed by atoms with E-state index < -0.39 is 0 Å². The van der Waals surface area contributed by atoms with Crippen LogP contribution in [0.15, 0.2) is 24.3 Å². The lowest BCUT2D eigenvalue weighted by molar-refractivity contribution is 0.519. The molecule has 0 saturated heterocycles. The molecule has 1 unspecified atom stereocenters. The summed E-state index contributed by atoms with van der Waals surface area (Å²) >= 11 is 0. The standard InChI is InChI=1S/C16H28N2/c1-6-18(15(5)10-11-17-13(2)3)16-9-7-8-14(4)12-16/h7-9,12-13,15,17H,6,10-11H2,1-5H3. The summed E-state index contributed by atoms with van der Waals surface area (Å²) in [6.07, 6.45) is 1.18. The maximum Gasteiger partial charge on any atom is 0.0371 e. The van der Waals surface area contributed by atoms with E-state index in [1.807, 2.05) is 0 Å². The topological polar surface area (TPSA) is 15.3 Å². The molecule has 1 N–H and O–H groups in total. The van der Waals surface area contributed by atoms with E-state index >= 15 is 0 Å². The van der Waals surface area contributed by atoms with Gasteiger partial charge in [-0.2, -0.15) is 0 Å². The van der Waals surface area contributed by atoms with Gasteiger partial charge in [-0.05, 0) is 51.4 Å². The van der Waals surface area contributed by atoms with Gasteiger partial charge in [-0.25, -0.2) is 0 Å². The van der Waals surface area contributed by atoms with Gasteiger partial charge in [0.2, 0.25) is 0 Å². The largest absolute Gasteiger partial charge is 0.369 e. The molecule has 1 aromatic carbocycles. The Bertz CT molecular complexity index is 347. The third-order valence-corrected chi connectivity index (χ3v) is 3.32. The smallest absolute Gasteiger partial charge is 0.0371 e. The lowest BCUT2D eigenvalue weighted by Gasteiger charge is -2.31. The summed E-state index contributed by atoms with van der Waals surface area (Å²) in [5, 5.41) is 3.49. The van der Waals surface area contributed by atoms with Crippen molar-refractivity contribution in [3.8, 4) is 0 Å². The van der Waals surface area contributed by atoms with Crippen LogP contribution >= 0.6 is 0 Å². The van der Waals surface area contributed by atoms with Crippen molar-refractivity contribution in [3.63, 3.8) is 0 Å². The van der Waals surface area contributed by atoms with Crippen molar-refractivity contribution in [3.05, 3.63) is 29.8 Å². The first-order chi connectivity index (χ1) is 8.54. The highest BCUT2D eigenvalue weighted by Crippen LogP contribution is 2.19. The van der Waals surface area contributed by atoms with E-state index in [0.717, 1.165) is 13.1 Å². The molecule has 0 aliphatic rings. The summed E-state index contributed by atoms with van der Waals surface area (Å²) in [6, 6.07) is 9.93. The number of hydrogen-bond donors (Lipinski definition) is 1. The molecular formula is C16H28N2. The van der Waals surface area contributed by atoms with Crippen molar-refractivity contribution in [1.29, 1.82) is 0 Å². The van der Waals surface area contributed by atoms with E-state index in [2.05, 4.69) is 69.1 Å². The summed E-state index contributed by atoms with van der Waals surface area (Å²) in [6.45, 7) is 13.2. The van der Waals surface area contributed by atoms with Crippen molar-refractivity contribution in [2.45, 2.75) is 53.1 Å². The minimum absolute atomic E-state index is 0.572. The maximum atomic E-state index is 3.49. The van der Waals surface area contributed by atoms with Crippen molar-refractivity contribution in [2.24, 2.45) is 0 Å².